The van der Waals surface area contributed by atoms with Gasteiger partial charge >= 0.3 is 0 Å². The van der Waals surface area contributed by atoms with Gasteiger partial charge in [0.15, 0.2) is 0 Å². The minimum atomic E-state index is -0.209. The number of nitrogens with one attached hydrogen (secondary N) is 1. The number of carbonyl (C=O) groups excluding carboxylic acids is 1. The lowest BCUT2D eigenvalue weighted by atomic mass is 10.1. The van der Waals surface area contributed by atoms with Crippen LogP contribution in [0, 0.1) is 0 Å². The maximum atomic E-state index is 12.6. The van der Waals surface area contributed by atoms with E-state index >= 15 is 0 Å². The van der Waals surface area contributed by atoms with Gasteiger partial charge in [-0.15, -0.1) is 0 Å². The van der Waals surface area contributed by atoms with Gasteiger partial charge in [-0.2, -0.15) is 5.10 Å². The van der Waals surface area contributed by atoms with Gasteiger partial charge in [-0.1, -0.05) is 51.8 Å². The molecular formula is C25H21BrClN3O3. The number of amides is 1. The van der Waals surface area contributed by atoms with Gasteiger partial charge in [0, 0.05) is 16.2 Å². The topological polar surface area (TPSA) is 65.4 Å². The van der Waals surface area contributed by atoms with Crippen molar-refractivity contribution in [3.63, 3.8) is 0 Å². The van der Waals surface area contributed by atoms with Gasteiger partial charge in [0.25, 0.3) is 5.91 Å². The van der Waals surface area contributed by atoms with Crippen molar-refractivity contribution in [2.75, 3.05) is 12.4 Å². The summed E-state index contributed by atoms with van der Waals surface area (Å²) in [6.45, 7) is 0.921. The quantitative estimate of drug-likeness (QED) is 0.297. The Morgan fingerprint density at radius 1 is 1.09 bits per heavy atom. The van der Waals surface area contributed by atoms with E-state index in [1.54, 1.807) is 42.4 Å². The smallest absolute Gasteiger partial charge is 0.255 e. The number of rotatable bonds is 8. The van der Waals surface area contributed by atoms with Crippen molar-refractivity contribution in [2.45, 2.75) is 13.2 Å². The standard InChI is InChI=1S/C25H21BrClN3O3/c1-32-22-4-2-3-18(11-22)14-30-15-21(13-28-30)29-25(31)19-7-5-17(6-8-19)16-33-24-10-9-20(26)12-23(24)27/h2-13,15H,14,16H2,1H3,(H,29,31). The number of ether oxygens (including phenoxy) is 2. The van der Waals surface area contributed by atoms with Crippen LogP contribution >= 0.6 is 27.5 Å². The molecule has 0 aliphatic rings. The van der Waals surface area contributed by atoms with Gasteiger partial charge in [0.05, 0.1) is 30.6 Å². The highest BCUT2D eigenvalue weighted by atomic mass is 79.9. The number of benzene rings is 3. The fourth-order valence-corrected chi connectivity index (χ4v) is 3.91. The Balaban J connectivity index is 1.33. The Hall–Kier alpha value is -3.29. The molecule has 168 valence electrons. The minimum absolute atomic E-state index is 0.209. The monoisotopic (exact) mass is 525 g/mol. The third kappa shape index (κ3) is 6.15. The van der Waals surface area contributed by atoms with E-state index in [1.807, 2.05) is 48.5 Å². The second-order valence-electron chi connectivity index (χ2n) is 7.29. The summed E-state index contributed by atoms with van der Waals surface area (Å²) in [4.78, 5) is 12.6. The Labute approximate surface area is 205 Å². The molecule has 0 saturated heterocycles. The predicted octanol–water partition coefficient (Wildman–Crippen LogP) is 6.19. The summed E-state index contributed by atoms with van der Waals surface area (Å²) < 4.78 is 13.7. The molecule has 0 saturated carbocycles. The number of halogens is 2. The molecule has 4 rings (SSSR count). The maximum absolute atomic E-state index is 12.6. The number of hydrogen-bond donors (Lipinski definition) is 1. The first-order valence-electron chi connectivity index (χ1n) is 10.1. The molecule has 0 fully saturated rings. The molecule has 1 heterocycles. The Morgan fingerprint density at radius 3 is 2.67 bits per heavy atom. The van der Waals surface area contributed by atoms with Crippen molar-refractivity contribution in [2.24, 2.45) is 0 Å². The van der Waals surface area contributed by atoms with E-state index in [1.165, 1.54) is 0 Å². The van der Waals surface area contributed by atoms with Crippen LogP contribution in [0.5, 0.6) is 11.5 Å². The molecule has 0 unspecified atom stereocenters. The molecule has 1 aromatic heterocycles. The van der Waals surface area contributed by atoms with Crippen LogP contribution in [-0.2, 0) is 13.2 Å². The first-order valence-corrected chi connectivity index (χ1v) is 11.3. The van der Waals surface area contributed by atoms with E-state index in [-0.39, 0.29) is 5.91 Å². The van der Waals surface area contributed by atoms with Crippen molar-refractivity contribution in [3.05, 3.63) is 105 Å². The molecule has 0 atom stereocenters. The van der Waals surface area contributed by atoms with E-state index in [9.17, 15) is 4.79 Å². The van der Waals surface area contributed by atoms with Crippen LogP contribution in [0.4, 0.5) is 5.69 Å². The van der Waals surface area contributed by atoms with Crippen LogP contribution in [-0.4, -0.2) is 22.8 Å². The first kappa shape index (κ1) is 22.9. The molecule has 4 aromatic rings. The number of nitrogens with zero attached hydrogens (tertiary/aromatic N) is 2. The lowest BCUT2D eigenvalue weighted by molar-refractivity contribution is 0.102. The van der Waals surface area contributed by atoms with Crippen molar-refractivity contribution in [3.8, 4) is 11.5 Å². The first-order chi connectivity index (χ1) is 16.0. The van der Waals surface area contributed by atoms with Crippen LogP contribution in [0.3, 0.4) is 0 Å². The van der Waals surface area contributed by atoms with Gasteiger partial charge in [0.1, 0.15) is 18.1 Å². The average molecular weight is 527 g/mol. The van der Waals surface area contributed by atoms with Crippen LogP contribution in [0.2, 0.25) is 5.02 Å². The summed E-state index contributed by atoms with van der Waals surface area (Å²) in [7, 11) is 1.64. The maximum Gasteiger partial charge on any atom is 0.255 e. The molecule has 1 amide bonds. The average Bonchev–Trinajstić information content (AvgIpc) is 3.25. The molecule has 0 spiro atoms. The lowest BCUT2D eigenvalue weighted by Gasteiger charge is -2.09. The summed E-state index contributed by atoms with van der Waals surface area (Å²) in [5.74, 6) is 1.19. The van der Waals surface area contributed by atoms with E-state index in [0.717, 1.165) is 21.3 Å². The minimum Gasteiger partial charge on any atom is -0.497 e. The molecule has 0 aliphatic heterocycles. The van der Waals surface area contributed by atoms with Gasteiger partial charge in [-0.25, -0.2) is 0 Å². The third-order valence-electron chi connectivity index (χ3n) is 4.87. The van der Waals surface area contributed by atoms with Crippen LogP contribution < -0.4 is 14.8 Å². The van der Waals surface area contributed by atoms with Gasteiger partial charge in [-0.3, -0.25) is 9.48 Å². The highest BCUT2D eigenvalue weighted by Crippen LogP contribution is 2.28. The zero-order valence-electron chi connectivity index (χ0n) is 17.8. The second-order valence-corrected chi connectivity index (χ2v) is 8.62. The van der Waals surface area contributed by atoms with Crippen molar-refractivity contribution in [1.82, 2.24) is 9.78 Å². The molecule has 6 nitrogen and oxygen atoms in total. The molecule has 0 aliphatic carbocycles. The SMILES string of the molecule is COc1cccc(Cn2cc(NC(=O)c3ccc(COc4ccc(Br)cc4Cl)cc3)cn2)c1. The second kappa shape index (κ2) is 10.6. The fraction of sp³-hybridized carbons (Fsp3) is 0.120. The van der Waals surface area contributed by atoms with Crippen LogP contribution in [0.15, 0.2) is 83.6 Å². The number of aromatic nitrogens is 2. The van der Waals surface area contributed by atoms with E-state index in [4.69, 9.17) is 21.1 Å². The molecule has 8 heteroatoms. The number of hydrogen-bond acceptors (Lipinski definition) is 4. The lowest BCUT2D eigenvalue weighted by Crippen LogP contribution is -2.11. The summed E-state index contributed by atoms with van der Waals surface area (Å²) >= 11 is 9.55. The van der Waals surface area contributed by atoms with Crippen molar-refractivity contribution in [1.29, 1.82) is 0 Å². The normalized spacial score (nSPS) is 10.6. The molecule has 3 aromatic carbocycles. The van der Waals surface area contributed by atoms with Gasteiger partial charge in [0.2, 0.25) is 0 Å². The summed E-state index contributed by atoms with van der Waals surface area (Å²) in [6.07, 6.45) is 3.42. The zero-order valence-corrected chi connectivity index (χ0v) is 20.1. The molecule has 0 radical (unpaired) electrons. The highest BCUT2D eigenvalue weighted by Gasteiger charge is 2.09. The van der Waals surface area contributed by atoms with Gasteiger partial charge < -0.3 is 14.8 Å². The van der Waals surface area contributed by atoms with E-state index in [2.05, 4.69) is 26.3 Å². The largest absolute Gasteiger partial charge is 0.497 e. The number of carbonyl (C=O) groups is 1. The van der Waals surface area contributed by atoms with E-state index in [0.29, 0.717) is 35.2 Å². The van der Waals surface area contributed by atoms with Crippen molar-refractivity contribution >= 4 is 39.1 Å². The zero-order chi connectivity index (χ0) is 23.2. The molecule has 0 bridgehead atoms. The molecule has 1 N–H and O–H groups in total. The number of anilines is 1. The Bertz CT molecular complexity index is 1260. The summed E-state index contributed by atoms with van der Waals surface area (Å²) in [6, 6.07) is 20.5. The summed E-state index contributed by atoms with van der Waals surface area (Å²) in [5.41, 5.74) is 3.15. The van der Waals surface area contributed by atoms with Crippen molar-refractivity contribution < 1.29 is 14.3 Å². The fourth-order valence-electron chi connectivity index (χ4n) is 3.18. The highest BCUT2D eigenvalue weighted by molar-refractivity contribution is 9.10. The third-order valence-corrected chi connectivity index (χ3v) is 5.66. The van der Waals surface area contributed by atoms with Crippen LogP contribution in [0.25, 0.3) is 0 Å². The molecule has 33 heavy (non-hydrogen) atoms. The predicted molar refractivity (Wildman–Crippen MR) is 132 cm³/mol. The van der Waals surface area contributed by atoms with Crippen LogP contribution in [0.1, 0.15) is 21.5 Å². The Morgan fingerprint density at radius 2 is 1.91 bits per heavy atom. The van der Waals surface area contributed by atoms with E-state index < -0.39 is 0 Å². The Kier molecular flexibility index (Phi) is 7.32. The number of methoxy groups -OCH3 is 1. The van der Waals surface area contributed by atoms with Gasteiger partial charge in [-0.05, 0) is 53.6 Å². The summed E-state index contributed by atoms with van der Waals surface area (Å²) in [5, 5.41) is 7.74. The molecular weight excluding hydrogens is 506 g/mol.